The molecular formula is C9H17ClO2. The van der Waals surface area contributed by atoms with E-state index in [1.54, 1.807) is 0 Å². The summed E-state index contributed by atoms with van der Waals surface area (Å²) in [6, 6.07) is 0. The zero-order valence-electron chi connectivity index (χ0n) is 7.59. The van der Waals surface area contributed by atoms with E-state index in [9.17, 15) is 0 Å². The van der Waals surface area contributed by atoms with Gasteiger partial charge < -0.3 is 9.47 Å². The largest absolute Gasteiger partial charge is 0.379 e. The summed E-state index contributed by atoms with van der Waals surface area (Å²) in [6.45, 7) is 4.38. The van der Waals surface area contributed by atoms with Gasteiger partial charge in [0.2, 0.25) is 0 Å². The fourth-order valence-electron chi connectivity index (χ4n) is 1.16. The van der Waals surface area contributed by atoms with E-state index in [0.717, 1.165) is 32.5 Å². The zero-order chi connectivity index (χ0) is 8.81. The average Bonchev–Trinajstić information content (AvgIpc) is 2.00. The zero-order valence-corrected chi connectivity index (χ0v) is 8.35. The van der Waals surface area contributed by atoms with E-state index >= 15 is 0 Å². The highest BCUT2D eigenvalue weighted by Gasteiger charge is 2.27. The Bertz CT molecular complexity index is 113. The quantitative estimate of drug-likeness (QED) is 0.475. The van der Waals surface area contributed by atoms with E-state index < -0.39 is 0 Å². The van der Waals surface area contributed by atoms with Gasteiger partial charge in [-0.2, -0.15) is 0 Å². The molecule has 0 aromatic heterocycles. The molecule has 2 nitrogen and oxygen atoms in total. The minimum absolute atomic E-state index is 0.353. The van der Waals surface area contributed by atoms with Gasteiger partial charge >= 0.3 is 0 Å². The molecule has 0 N–H and O–H groups in total. The van der Waals surface area contributed by atoms with Gasteiger partial charge in [-0.15, -0.1) is 11.6 Å². The predicted molar refractivity (Wildman–Crippen MR) is 49.7 cm³/mol. The van der Waals surface area contributed by atoms with Gasteiger partial charge in [0.05, 0.1) is 19.3 Å². The predicted octanol–water partition coefficient (Wildman–Crippen LogP) is 2.20. The van der Waals surface area contributed by atoms with Gasteiger partial charge in [-0.3, -0.25) is 0 Å². The first-order valence-electron chi connectivity index (χ1n) is 4.66. The lowest BCUT2D eigenvalue weighted by atomic mass is 9.95. The summed E-state index contributed by atoms with van der Waals surface area (Å²) in [5.74, 6) is 0. The smallest absolute Gasteiger partial charge is 0.0704 e. The SMILES string of the molecule is CCCOCCOC1CC(Cl)C1. The Kier molecular flexibility index (Phi) is 4.96. The molecule has 0 unspecified atom stereocenters. The van der Waals surface area contributed by atoms with Crippen LogP contribution in [0.1, 0.15) is 26.2 Å². The number of hydrogen-bond acceptors (Lipinski definition) is 2. The van der Waals surface area contributed by atoms with Crippen molar-refractivity contribution in [2.24, 2.45) is 0 Å². The van der Waals surface area contributed by atoms with Crippen molar-refractivity contribution in [3.63, 3.8) is 0 Å². The summed E-state index contributed by atoms with van der Waals surface area (Å²) in [4.78, 5) is 0. The first-order valence-corrected chi connectivity index (χ1v) is 5.10. The molecule has 1 saturated carbocycles. The minimum atomic E-state index is 0.353. The van der Waals surface area contributed by atoms with Crippen molar-refractivity contribution in [1.29, 1.82) is 0 Å². The molecule has 0 radical (unpaired) electrons. The fraction of sp³-hybridized carbons (Fsp3) is 1.00. The third kappa shape index (κ3) is 3.74. The van der Waals surface area contributed by atoms with Crippen LogP contribution in [0.5, 0.6) is 0 Å². The molecular weight excluding hydrogens is 176 g/mol. The number of ether oxygens (including phenoxy) is 2. The number of alkyl halides is 1. The van der Waals surface area contributed by atoms with Crippen LogP contribution < -0.4 is 0 Å². The van der Waals surface area contributed by atoms with Crippen LogP contribution in [0.2, 0.25) is 0 Å². The minimum Gasteiger partial charge on any atom is -0.379 e. The molecule has 0 amide bonds. The third-order valence-corrected chi connectivity index (χ3v) is 2.32. The van der Waals surface area contributed by atoms with Crippen LogP contribution in [0, 0.1) is 0 Å². The third-order valence-electron chi connectivity index (χ3n) is 1.97. The summed E-state index contributed by atoms with van der Waals surface area (Å²) < 4.78 is 10.8. The Morgan fingerprint density at radius 3 is 2.58 bits per heavy atom. The maximum Gasteiger partial charge on any atom is 0.0704 e. The highest BCUT2D eigenvalue weighted by Crippen LogP contribution is 2.27. The molecule has 0 heterocycles. The molecule has 72 valence electrons. The molecule has 1 fully saturated rings. The van der Waals surface area contributed by atoms with Crippen molar-refractivity contribution in [3.05, 3.63) is 0 Å². The second-order valence-corrected chi connectivity index (χ2v) is 3.79. The molecule has 1 aliphatic rings. The summed E-state index contributed by atoms with van der Waals surface area (Å²) in [7, 11) is 0. The van der Waals surface area contributed by atoms with Crippen molar-refractivity contribution in [3.8, 4) is 0 Å². The van der Waals surface area contributed by atoms with E-state index in [2.05, 4.69) is 6.92 Å². The molecule has 12 heavy (non-hydrogen) atoms. The second kappa shape index (κ2) is 5.79. The first kappa shape index (κ1) is 10.3. The summed E-state index contributed by atoms with van der Waals surface area (Å²) in [6.07, 6.45) is 3.50. The highest BCUT2D eigenvalue weighted by atomic mass is 35.5. The summed E-state index contributed by atoms with van der Waals surface area (Å²) in [5.41, 5.74) is 0. The van der Waals surface area contributed by atoms with Crippen molar-refractivity contribution in [1.82, 2.24) is 0 Å². The second-order valence-electron chi connectivity index (χ2n) is 3.17. The molecule has 0 aliphatic heterocycles. The Morgan fingerprint density at radius 2 is 2.00 bits per heavy atom. The standard InChI is InChI=1S/C9H17ClO2/c1-2-3-11-4-5-12-9-6-8(10)7-9/h8-9H,2-7H2,1H3. The maximum absolute atomic E-state index is 5.80. The highest BCUT2D eigenvalue weighted by molar-refractivity contribution is 6.21. The van der Waals surface area contributed by atoms with Crippen molar-refractivity contribution in [2.45, 2.75) is 37.7 Å². The first-order chi connectivity index (χ1) is 5.83. The van der Waals surface area contributed by atoms with Crippen LogP contribution >= 0.6 is 11.6 Å². The van der Waals surface area contributed by atoms with Gasteiger partial charge in [0.25, 0.3) is 0 Å². The van der Waals surface area contributed by atoms with Crippen LogP contribution in [0.25, 0.3) is 0 Å². The monoisotopic (exact) mass is 192 g/mol. The van der Waals surface area contributed by atoms with Gasteiger partial charge in [0.15, 0.2) is 0 Å². The van der Waals surface area contributed by atoms with Crippen LogP contribution in [0.15, 0.2) is 0 Å². The average molecular weight is 193 g/mol. The number of rotatable bonds is 6. The van der Waals surface area contributed by atoms with Crippen LogP contribution in [0.4, 0.5) is 0 Å². The molecule has 0 saturated heterocycles. The van der Waals surface area contributed by atoms with Gasteiger partial charge in [0, 0.05) is 12.0 Å². The molecule has 3 heteroatoms. The molecule has 0 aromatic rings. The lowest BCUT2D eigenvalue weighted by Gasteiger charge is -2.30. The molecule has 0 aromatic carbocycles. The lowest BCUT2D eigenvalue weighted by Crippen LogP contribution is -2.32. The fourth-order valence-corrected chi connectivity index (χ4v) is 1.56. The maximum atomic E-state index is 5.80. The van der Waals surface area contributed by atoms with E-state index in [0.29, 0.717) is 18.1 Å². The van der Waals surface area contributed by atoms with Crippen molar-refractivity contribution in [2.75, 3.05) is 19.8 Å². The van der Waals surface area contributed by atoms with Crippen LogP contribution in [-0.2, 0) is 9.47 Å². The van der Waals surface area contributed by atoms with E-state index in [-0.39, 0.29) is 0 Å². The van der Waals surface area contributed by atoms with E-state index in [1.165, 1.54) is 0 Å². The van der Waals surface area contributed by atoms with Crippen molar-refractivity contribution >= 4 is 11.6 Å². The Morgan fingerprint density at radius 1 is 1.25 bits per heavy atom. The number of hydrogen-bond donors (Lipinski definition) is 0. The van der Waals surface area contributed by atoms with Gasteiger partial charge in [-0.25, -0.2) is 0 Å². The van der Waals surface area contributed by atoms with Crippen LogP contribution in [0.3, 0.4) is 0 Å². The van der Waals surface area contributed by atoms with E-state index in [4.69, 9.17) is 21.1 Å². The summed E-state index contributed by atoms with van der Waals surface area (Å²) in [5, 5.41) is 0.353. The van der Waals surface area contributed by atoms with Gasteiger partial charge in [0.1, 0.15) is 0 Å². The molecule has 0 bridgehead atoms. The molecule has 0 atom stereocenters. The Balaban J connectivity index is 1.77. The lowest BCUT2D eigenvalue weighted by molar-refractivity contribution is -0.0267. The molecule has 1 rings (SSSR count). The topological polar surface area (TPSA) is 18.5 Å². The van der Waals surface area contributed by atoms with Gasteiger partial charge in [-0.05, 0) is 19.3 Å². The van der Waals surface area contributed by atoms with Gasteiger partial charge in [-0.1, -0.05) is 6.92 Å². The van der Waals surface area contributed by atoms with Crippen molar-refractivity contribution < 1.29 is 9.47 Å². The Hall–Kier alpha value is 0.210. The normalized spacial score (nSPS) is 28.5. The molecule has 0 spiro atoms. The molecule has 1 aliphatic carbocycles. The summed E-state index contributed by atoms with van der Waals surface area (Å²) >= 11 is 5.80. The Labute approximate surface area is 79.2 Å². The van der Waals surface area contributed by atoms with E-state index in [1.807, 2.05) is 0 Å². The van der Waals surface area contributed by atoms with Crippen LogP contribution in [-0.4, -0.2) is 31.3 Å². The number of halogens is 1.